The van der Waals surface area contributed by atoms with Gasteiger partial charge in [0.25, 0.3) is 0 Å². The van der Waals surface area contributed by atoms with Gasteiger partial charge in [-0.1, -0.05) is 19.9 Å². The summed E-state index contributed by atoms with van der Waals surface area (Å²) in [6, 6.07) is 6.99. The maximum atomic E-state index is 12.1. The van der Waals surface area contributed by atoms with Gasteiger partial charge >= 0.3 is 6.36 Å². The van der Waals surface area contributed by atoms with Crippen molar-refractivity contribution in [2.75, 3.05) is 13.1 Å². The largest absolute Gasteiger partial charge is 0.573 e. The minimum absolute atomic E-state index is 0.0105. The molecule has 1 fully saturated rings. The van der Waals surface area contributed by atoms with Gasteiger partial charge in [0.1, 0.15) is 5.75 Å². The van der Waals surface area contributed by atoms with E-state index in [1.807, 2.05) is 18.7 Å². The number of carbonyl (C=O) groups excluding carboxylic acids is 1. The number of amides is 1. The molecule has 2 rings (SSSR count). The maximum Gasteiger partial charge on any atom is 0.573 e. The first-order valence-electron chi connectivity index (χ1n) is 7.32. The van der Waals surface area contributed by atoms with Crippen LogP contribution in [0.1, 0.15) is 38.2 Å². The van der Waals surface area contributed by atoms with Gasteiger partial charge in [0, 0.05) is 25.1 Å². The van der Waals surface area contributed by atoms with E-state index >= 15 is 0 Å². The minimum Gasteiger partial charge on any atom is -0.405 e. The van der Waals surface area contributed by atoms with Crippen LogP contribution in [0.15, 0.2) is 18.2 Å². The summed E-state index contributed by atoms with van der Waals surface area (Å²) < 4.78 is 40.1. The molecule has 22 heavy (non-hydrogen) atoms. The van der Waals surface area contributed by atoms with Crippen molar-refractivity contribution in [3.8, 4) is 5.75 Å². The van der Waals surface area contributed by atoms with Crippen molar-refractivity contribution >= 4 is 5.91 Å². The first-order valence-corrected chi connectivity index (χ1v) is 7.32. The third-order valence-corrected chi connectivity index (χ3v) is 3.81. The Kier molecular flexibility index (Phi) is 4.98. The summed E-state index contributed by atoms with van der Waals surface area (Å²) in [4.78, 5) is 13.8. The molecule has 1 amide bonds. The molecule has 0 saturated carbocycles. The summed E-state index contributed by atoms with van der Waals surface area (Å²) in [5.74, 6) is 0.0543. The van der Waals surface area contributed by atoms with Gasteiger partial charge < -0.3 is 9.64 Å². The van der Waals surface area contributed by atoms with E-state index in [-0.39, 0.29) is 23.5 Å². The fraction of sp³-hybridized carbons (Fsp3) is 0.562. The monoisotopic (exact) mass is 314 g/mol. The summed E-state index contributed by atoms with van der Waals surface area (Å²) in [5.41, 5.74) is 0.936. The fourth-order valence-electron chi connectivity index (χ4n) is 2.66. The molecule has 1 aromatic rings. The highest BCUT2D eigenvalue weighted by Crippen LogP contribution is 2.30. The molecule has 0 aromatic heterocycles. The molecule has 0 atom stereocenters. The second-order valence-electron chi connectivity index (χ2n) is 5.79. The predicted molar refractivity (Wildman–Crippen MR) is 75.4 cm³/mol. The number of rotatable bonds is 3. The van der Waals surface area contributed by atoms with E-state index in [4.69, 9.17) is 0 Å². The van der Waals surface area contributed by atoms with E-state index in [0.29, 0.717) is 13.1 Å². The highest BCUT2D eigenvalue weighted by Gasteiger charge is 2.31. The highest BCUT2D eigenvalue weighted by atomic mass is 19.4. The Morgan fingerprint density at radius 3 is 2.41 bits per heavy atom. The highest BCUT2D eigenvalue weighted by molar-refractivity contribution is 5.78. The molecule has 1 aromatic carbocycles. The molecule has 0 aliphatic carbocycles. The van der Waals surface area contributed by atoms with Crippen LogP contribution in [-0.4, -0.2) is 30.3 Å². The lowest BCUT2D eigenvalue weighted by atomic mass is 9.89. The van der Waals surface area contributed by atoms with Crippen molar-refractivity contribution in [1.82, 2.24) is 4.90 Å². The lowest BCUT2D eigenvalue weighted by Gasteiger charge is -2.33. The number of hydrogen-bond donors (Lipinski definition) is 0. The molecule has 0 spiro atoms. The van der Waals surface area contributed by atoms with Crippen LogP contribution in [0.25, 0.3) is 0 Å². The number of halogens is 3. The summed E-state index contributed by atoms with van der Waals surface area (Å²) in [5, 5.41) is 0. The Balaban J connectivity index is 1.93. The molecule has 1 saturated heterocycles. The molecule has 1 heterocycles. The molecule has 1 aliphatic rings. The van der Waals surface area contributed by atoms with E-state index in [0.717, 1.165) is 18.4 Å². The van der Waals surface area contributed by atoms with Crippen molar-refractivity contribution in [1.29, 1.82) is 0 Å². The van der Waals surface area contributed by atoms with Crippen LogP contribution in [0, 0.1) is 12.0 Å². The minimum atomic E-state index is -4.69. The van der Waals surface area contributed by atoms with E-state index in [1.54, 1.807) is 12.1 Å². The van der Waals surface area contributed by atoms with Crippen molar-refractivity contribution in [2.45, 2.75) is 39.0 Å². The average Bonchev–Trinajstić information content (AvgIpc) is 2.46. The normalized spacial score (nSPS) is 16.9. The van der Waals surface area contributed by atoms with Crippen molar-refractivity contribution in [3.05, 3.63) is 29.8 Å². The smallest absolute Gasteiger partial charge is 0.405 e. The third-order valence-electron chi connectivity index (χ3n) is 3.81. The van der Waals surface area contributed by atoms with Crippen LogP contribution in [0.4, 0.5) is 13.2 Å². The van der Waals surface area contributed by atoms with E-state index < -0.39 is 6.36 Å². The Morgan fingerprint density at radius 2 is 1.95 bits per heavy atom. The first-order chi connectivity index (χ1) is 10.3. The molecule has 1 aliphatic heterocycles. The SMILES string of the molecule is CC(C)C(=O)N1CCC(c2c[c]c(OC(F)(F)F)cc2)CC1. The number of benzene rings is 1. The molecule has 0 unspecified atom stereocenters. The quantitative estimate of drug-likeness (QED) is 0.850. The lowest BCUT2D eigenvalue weighted by Crippen LogP contribution is -2.40. The van der Waals surface area contributed by atoms with E-state index in [9.17, 15) is 18.0 Å². The Bertz CT molecular complexity index is 503. The number of carbonyl (C=O) groups is 1. The van der Waals surface area contributed by atoms with Crippen molar-refractivity contribution in [3.63, 3.8) is 0 Å². The van der Waals surface area contributed by atoms with Crippen LogP contribution in [0.3, 0.4) is 0 Å². The van der Waals surface area contributed by atoms with Crippen LogP contribution >= 0.6 is 0 Å². The summed E-state index contributed by atoms with van der Waals surface area (Å²) in [6.07, 6.45) is -3.07. The number of ether oxygens (including phenoxy) is 1. The van der Waals surface area contributed by atoms with Crippen LogP contribution in [0.2, 0.25) is 0 Å². The van der Waals surface area contributed by atoms with Gasteiger partial charge in [-0.3, -0.25) is 4.79 Å². The Hall–Kier alpha value is -1.72. The van der Waals surface area contributed by atoms with Gasteiger partial charge in [-0.05, 0) is 36.5 Å². The van der Waals surface area contributed by atoms with Gasteiger partial charge in [0.15, 0.2) is 0 Å². The van der Waals surface area contributed by atoms with Crippen molar-refractivity contribution in [2.24, 2.45) is 5.92 Å². The topological polar surface area (TPSA) is 29.5 Å². The van der Waals surface area contributed by atoms with E-state index in [2.05, 4.69) is 10.8 Å². The molecule has 6 heteroatoms. The van der Waals surface area contributed by atoms with Gasteiger partial charge in [-0.2, -0.15) is 0 Å². The summed E-state index contributed by atoms with van der Waals surface area (Å²) in [7, 11) is 0. The summed E-state index contributed by atoms with van der Waals surface area (Å²) in [6.45, 7) is 5.12. The van der Waals surface area contributed by atoms with Crippen molar-refractivity contribution < 1.29 is 22.7 Å². The molecule has 1 radical (unpaired) electrons. The second kappa shape index (κ2) is 6.58. The zero-order valence-corrected chi connectivity index (χ0v) is 12.6. The summed E-state index contributed by atoms with van der Waals surface area (Å²) >= 11 is 0. The number of alkyl halides is 3. The number of piperidine rings is 1. The van der Waals surface area contributed by atoms with Crippen LogP contribution in [0.5, 0.6) is 5.75 Å². The Labute approximate surface area is 128 Å². The number of nitrogens with zero attached hydrogens (tertiary/aromatic N) is 1. The lowest BCUT2D eigenvalue weighted by molar-refractivity contribution is -0.274. The Morgan fingerprint density at radius 1 is 1.32 bits per heavy atom. The molecule has 3 nitrogen and oxygen atoms in total. The number of hydrogen-bond acceptors (Lipinski definition) is 2. The van der Waals surface area contributed by atoms with E-state index in [1.165, 1.54) is 6.07 Å². The molecule has 121 valence electrons. The van der Waals surface area contributed by atoms with Gasteiger partial charge in [-0.15, -0.1) is 13.2 Å². The first kappa shape index (κ1) is 16.6. The molecule has 0 bridgehead atoms. The predicted octanol–water partition coefficient (Wildman–Crippen LogP) is 3.75. The standard InChI is InChI=1S/C16H19F3NO2/c1-11(2)15(21)20-9-7-13(8-10-20)12-3-5-14(6-4-12)22-16(17,18)19/h3-5,11,13H,7-10H2,1-2H3. The second-order valence-corrected chi connectivity index (χ2v) is 5.79. The molecular weight excluding hydrogens is 295 g/mol. The fourth-order valence-corrected chi connectivity index (χ4v) is 2.66. The van der Waals surface area contributed by atoms with Crippen LogP contribution < -0.4 is 4.74 Å². The van der Waals surface area contributed by atoms with Gasteiger partial charge in [-0.25, -0.2) is 0 Å². The average molecular weight is 314 g/mol. The maximum absolute atomic E-state index is 12.1. The zero-order valence-electron chi connectivity index (χ0n) is 12.6. The molecule has 0 N–H and O–H groups in total. The zero-order chi connectivity index (χ0) is 16.3. The third kappa shape index (κ3) is 4.39. The van der Waals surface area contributed by atoms with Gasteiger partial charge in [0.05, 0.1) is 0 Å². The van der Waals surface area contributed by atoms with Gasteiger partial charge in [0.2, 0.25) is 5.91 Å². The number of likely N-dealkylation sites (tertiary alicyclic amines) is 1. The molecular formula is C16H19F3NO2. The van der Waals surface area contributed by atoms with Crippen LogP contribution in [-0.2, 0) is 4.79 Å².